The molecule has 1 saturated heterocycles. The van der Waals surface area contributed by atoms with Gasteiger partial charge in [-0.05, 0) is 6.92 Å². The fourth-order valence-corrected chi connectivity index (χ4v) is 0.784. The maximum Gasteiger partial charge on any atom is 0.407 e. The van der Waals surface area contributed by atoms with Crippen LogP contribution in [0.5, 0.6) is 0 Å². The molecule has 4 heteroatoms. The van der Waals surface area contributed by atoms with Crippen LogP contribution < -0.4 is 0 Å². The van der Waals surface area contributed by atoms with Gasteiger partial charge in [0.1, 0.15) is 5.60 Å². The number of amides is 1. The molecule has 0 radical (unpaired) electrons. The summed E-state index contributed by atoms with van der Waals surface area (Å²) in [7, 11) is 1.54. The fourth-order valence-electron chi connectivity index (χ4n) is 0.784. The van der Waals surface area contributed by atoms with E-state index in [0.29, 0.717) is 13.2 Å². The number of epoxide rings is 1. The summed E-state index contributed by atoms with van der Waals surface area (Å²) in [4.78, 5) is 11.5. The zero-order chi connectivity index (χ0) is 7.78. The summed E-state index contributed by atoms with van der Waals surface area (Å²) in [5.41, 5.74) is -0.201. The summed E-state index contributed by atoms with van der Waals surface area (Å²) in [5, 5.41) is 8.44. The van der Waals surface area contributed by atoms with Crippen molar-refractivity contribution in [3.05, 3.63) is 0 Å². The second-order valence-electron chi connectivity index (χ2n) is 2.88. The molecule has 1 heterocycles. The molecule has 10 heavy (non-hydrogen) atoms. The van der Waals surface area contributed by atoms with E-state index >= 15 is 0 Å². The molecule has 0 spiro atoms. The van der Waals surface area contributed by atoms with Crippen LogP contribution in [-0.2, 0) is 4.74 Å². The normalized spacial score (nSPS) is 29.8. The maximum absolute atomic E-state index is 10.3. The van der Waals surface area contributed by atoms with Crippen molar-refractivity contribution in [2.45, 2.75) is 12.5 Å². The first-order valence-corrected chi connectivity index (χ1v) is 3.11. The minimum absolute atomic E-state index is 0.201. The molecular weight excluding hydrogens is 134 g/mol. The predicted molar refractivity (Wildman–Crippen MR) is 35.0 cm³/mol. The average Bonchev–Trinajstić information content (AvgIpc) is 2.47. The van der Waals surface area contributed by atoms with E-state index in [1.54, 1.807) is 0 Å². The van der Waals surface area contributed by atoms with Crippen LogP contribution in [0.2, 0.25) is 0 Å². The summed E-state index contributed by atoms with van der Waals surface area (Å²) in [6.45, 7) is 3.03. The zero-order valence-electron chi connectivity index (χ0n) is 6.13. The summed E-state index contributed by atoms with van der Waals surface area (Å²) in [6.07, 6.45) is -0.906. The number of hydrogen-bond acceptors (Lipinski definition) is 2. The molecule has 1 rings (SSSR count). The first-order chi connectivity index (χ1) is 4.53. The summed E-state index contributed by atoms with van der Waals surface area (Å²) in [5.74, 6) is 0. The molecule has 0 aromatic heterocycles. The van der Waals surface area contributed by atoms with Crippen LogP contribution in [0.4, 0.5) is 4.79 Å². The highest BCUT2D eigenvalue weighted by atomic mass is 16.6. The van der Waals surface area contributed by atoms with Gasteiger partial charge in [0.15, 0.2) is 0 Å². The van der Waals surface area contributed by atoms with Gasteiger partial charge in [-0.1, -0.05) is 0 Å². The quantitative estimate of drug-likeness (QED) is 0.572. The van der Waals surface area contributed by atoms with Crippen molar-refractivity contribution < 1.29 is 14.6 Å². The van der Waals surface area contributed by atoms with Crippen molar-refractivity contribution in [3.8, 4) is 0 Å². The van der Waals surface area contributed by atoms with Crippen molar-refractivity contribution in [1.29, 1.82) is 0 Å². The van der Waals surface area contributed by atoms with Crippen molar-refractivity contribution in [1.82, 2.24) is 4.90 Å². The molecule has 1 aliphatic rings. The second-order valence-corrected chi connectivity index (χ2v) is 2.88. The molecule has 0 aromatic carbocycles. The summed E-state index contributed by atoms with van der Waals surface area (Å²) >= 11 is 0. The van der Waals surface area contributed by atoms with Crippen molar-refractivity contribution in [2.24, 2.45) is 0 Å². The standard InChI is InChI=1S/C6H11NO3/c1-6(4-10-6)3-7(2)5(8)9/h3-4H2,1-2H3,(H,8,9)/t6-/m1/s1. The number of likely N-dealkylation sites (N-methyl/N-ethyl adjacent to an activating group) is 1. The Morgan fingerprint density at radius 3 is 2.70 bits per heavy atom. The monoisotopic (exact) mass is 145 g/mol. The van der Waals surface area contributed by atoms with Crippen molar-refractivity contribution in [3.63, 3.8) is 0 Å². The van der Waals surface area contributed by atoms with Gasteiger partial charge in [0, 0.05) is 7.05 Å². The van der Waals surface area contributed by atoms with Crippen LogP contribution in [0.25, 0.3) is 0 Å². The Balaban J connectivity index is 2.31. The Kier molecular flexibility index (Phi) is 1.56. The maximum atomic E-state index is 10.3. The lowest BCUT2D eigenvalue weighted by Crippen LogP contribution is -2.33. The van der Waals surface area contributed by atoms with Gasteiger partial charge in [-0.3, -0.25) is 0 Å². The first kappa shape index (κ1) is 7.34. The number of rotatable bonds is 2. The molecule has 4 nitrogen and oxygen atoms in total. The van der Waals surface area contributed by atoms with Gasteiger partial charge in [0.25, 0.3) is 0 Å². The van der Waals surface area contributed by atoms with Gasteiger partial charge >= 0.3 is 6.09 Å². The van der Waals surface area contributed by atoms with Gasteiger partial charge in [-0.2, -0.15) is 0 Å². The molecule has 0 aromatic rings. The third-order valence-electron chi connectivity index (χ3n) is 1.54. The molecule has 1 amide bonds. The third kappa shape index (κ3) is 1.60. The van der Waals surface area contributed by atoms with E-state index in [1.807, 2.05) is 6.92 Å². The van der Waals surface area contributed by atoms with E-state index in [0.717, 1.165) is 0 Å². The molecule has 1 atom stereocenters. The number of carboxylic acid groups (broad SMARTS) is 1. The third-order valence-corrected chi connectivity index (χ3v) is 1.54. The highest BCUT2D eigenvalue weighted by molar-refractivity contribution is 5.64. The lowest BCUT2D eigenvalue weighted by Gasteiger charge is -2.14. The van der Waals surface area contributed by atoms with Crippen LogP contribution in [-0.4, -0.2) is 41.9 Å². The van der Waals surface area contributed by atoms with E-state index in [1.165, 1.54) is 11.9 Å². The highest BCUT2D eigenvalue weighted by Crippen LogP contribution is 2.26. The summed E-state index contributed by atoms with van der Waals surface area (Å²) < 4.78 is 5.01. The van der Waals surface area contributed by atoms with E-state index in [9.17, 15) is 4.79 Å². The van der Waals surface area contributed by atoms with Gasteiger partial charge in [-0.15, -0.1) is 0 Å². The Bertz CT molecular complexity index is 153. The molecule has 58 valence electrons. The smallest absolute Gasteiger partial charge is 0.407 e. The number of hydrogen-bond donors (Lipinski definition) is 1. The molecule has 1 N–H and O–H groups in total. The minimum Gasteiger partial charge on any atom is -0.465 e. The topological polar surface area (TPSA) is 53.1 Å². The van der Waals surface area contributed by atoms with E-state index in [2.05, 4.69) is 0 Å². The Hall–Kier alpha value is -0.770. The molecular formula is C6H11NO3. The van der Waals surface area contributed by atoms with E-state index in [4.69, 9.17) is 9.84 Å². The van der Waals surface area contributed by atoms with Gasteiger partial charge < -0.3 is 14.7 Å². The molecule has 1 aliphatic heterocycles. The van der Waals surface area contributed by atoms with Crippen molar-refractivity contribution in [2.75, 3.05) is 20.2 Å². The SMILES string of the molecule is CN(C[C@]1(C)CO1)C(=O)O. The van der Waals surface area contributed by atoms with Gasteiger partial charge in [0.2, 0.25) is 0 Å². The van der Waals surface area contributed by atoms with Gasteiger partial charge in [0.05, 0.1) is 13.2 Å². The molecule has 0 aliphatic carbocycles. The number of ether oxygens (including phenoxy) is 1. The molecule has 1 fully saturated rings. The van der Waals surface area contributed by atoms with Crippen molar-refractivity contribution >= 4 is 6.09 Å². The minimum atomic E-state index is -0.906. The highest BCUT2D eigenvalue weighted by Gasteiger charge is 2.41. The van der Waals surface area contributed by atoms with Crippen LogP contribution in [0, 0.1) is 0 Å². The Labute approximate surface area is 59.4 Å². The Morgan fingerprint density at radius 1 is 1.90 bits per heavy atom. The van der Waals surface area contributed by atoms with Gasteiger partial charge in [-0.25, -0.2) is 4.79 Å². The largest absolute Gasteiger partial charge is 0.465 e. The lowest BCUT2D eigenvalue weighted by molar-refractivity contribution is 0.143. The van der Waals surface area contributed by atoms with Crippen LogP contribution in [0.1, 0.15) is 6.92 Å². The zero-order valence-corrected chi connectivity index (χ0v) is 6.13. The Morgan fingerprint density at radius 2 is 2.40 bits per heavy atom. The number of nitrogens with zero attached hydrogens (tertiary/aromatic N) is 1. The number of carbonyl (C=O) groups is 1. The van der Waals surface area contributed by atoms with E-state index < -0.39 is 6.09 Å². The first-order valence-electron chi connectivity index (χ1n) is 3.11. The average molecular weight is 145 g/mol. The fraction of sp³-hybridized carbons (Fsp3) is 0.833. The predicted octanol–water partition coefficient (Wildman–Crippen LogP) is 0.385. The molecule has 0 bridgehead atoms. The lowest BCUT2D eigenvalue weighted by atomic mass is 10.2. The van der Waals surface area contributed by atoms with Crippen LogP contribution in [0.15, 0.2) is 0 Å². The van der Waals surface area contributed by atoms with Crippen LogP contribution in [0.3, 0.4) is 0 Å². The molecule has 0 saturated carbocycles. The second kappa shape index (κ2) is 2.12. The van der Waals surface area contributed by atoms with E-state index in [-0.39, 0.29) is 5.60 Å². The molecule has 0 unspecified atom stereocenters. The summed E-state index contributed by atoms with van der Waals surface area (Å²) in [6, 6.07) is 0. The van der Waals surface area contributed by atoms with Crippen LogP contribution >= 0.6 is 0 Å².